The Morgan fingerprint density at radius 3 is 2.61 bits per heavy atom. The number of carbonyl (C=O) groups excluding carboxylic acids is 2. The first-order valence-corrected chi connectivity index (χ1v) is 9.37. The van der Waals surface area contributed by atoms with Gasteiger partial charge in [0.1, 0.15) is 0 Å². The lowest BCUT2D eigenvalue weighted by Gasteiger charge is -2.11. The normalized spacial score (nSPS) is 19.0. The van der Waals surface area contributed by atoms with E-state index in [2.05, 4.69) is 0 Å². The van der Waals surface area contributed by atoms with Crippen molar-refractivity contribution in [1.82, 2.24) is 4.90 Å². The molecule has 0 aliphatic carbocycles. The minimum Gasteiger partial charge on any atom is -0.481 e. The summed E-state index contributed by atoms with van der Waals surface area (Å²) in [4.78, 5) is 38.0. The second kappa shape index (κ2) is 7.05. The van der Waals surface area contributed by atoms with Gasteiger partial charge in [-0.15, -0.1) is 0 Å². The summed E-state index contributed by atoms with van der Waals surface area (Å²) < 4.78 is 5.90. The first-order valence-electron chi connectivity index (χ1n) is 8.56. The van der Waals surface area contributed by atoms with Crippen molar-refractivity contribution in [3.63, 3.8) is 0 Å². The number of anilines is 1. The van der Waals surface area contributed by atoms with Crippen molar-refractivity contribution in [2.75, 3.05) is 18.5 Å². The van der Waals surface area contributed by atoms with Crippen LogP contribution in [-0.2, 0) is 9.59 Å². The molecule has 0 unspecified atom stereocenters. The van der Waals surface area contributed by atoms with Crippen LogP contribution >= 0.6 is 11.8 Å². The number of hydrogen-bond donors (Lipinski definition) is 1. The number of amides is 2. The van der Waals surface area contributed by atoms with Gasteiger partial charge in [0.05, 0.1) is 17.0 Å². The van der Waals surface area contributed by atoms with Crippen LogP contribution in [0.25, 0.3) is 10.8 Å². The van der Waals surface area contributed by atoms with Crippen LogP contribution in [-0.4, -0.2) is 40.7 Å². The molecule has 0 atom stereocenters. The van der Waals surface area contributed by atoms with Crippen molar-refractivity contribution < 1.29 is 24.2 Å². The van der Waals surface area contributed by atoms with Crippen LogP contribution in [0.2, 0.25) is 0 Å². The molecule has 2 aromatic rings. The molecule has 28 heavy (non-hydrogen) atoms. The molecule has 2 aliphatic rings. The van der Waals surface area contributed by atoms with E-state index in [0.717, 1.165) is 38.9 Å². The SMILES string of the molecule is CN1C(=CC=C2SC(=O)N(CCC(=O)O)C2=O)Oc2cc3ccccc3cc21. The van der Waals surface area contributed by atoms with E-state index in [-0.39, 0.29) is 17.9 Å². The summed E-state index contributed by atoms with van der Waals surface area (Å²) in [5.74, 6) is -0.300. The summed E-state index contributed by atoms with van der Waals surface area (Å²) in [5, 5.41) is 10.4. The number of rotatable bonds is 4. The Morgan fingerprint density at radius 2 is 1.89 bits per heavy atom. The monoisotopic (exact) mass is 396 g/mol. The van der Waals surface area contributed by atoms with Crippen LogP contribution in [0, 0.1) is 0 Å². The maximum Gasteiger partial charge on any atom is 0.305 e. The minimum absolute atomic E-state index is 0.137. The van der Waals surface area contributed by atoms with Crippen LogP contribution in [0.4, 0.5) is 10.5 Å². The van der Waals surface area contributed by atoms with Gasteiger partial charge in [0.15, 0.2) is 11.6 Å². The quantitative estimate of drug-likeness (QED) is 0.791. The predicted molar refractivity (Wildman–Crippen MR) is 106 cm³/mol. The number of carboxylic acids is 1. The standard InChI is InChI=1S/C20H16N2O5S/c1-21-14-10-12-4-2-3-5-13(12)11-15(14)27-17(21)7-6-16-19(25)22(20(26)28-16)9-8-18(23)24/h2-7,10-11H,8-9H2,1H3,(H,23,24). The molecule has 1 saturated heterocycles. The molecule has 0 radical (unpaired) electrons. The summed E-state index contributed by atoms with van der Waals surface area (Å²) in [6.07, 6.45) is 2.89. The van der Waals surface area contributed by atoms with Crippen molar-refractivity contribution in [1.29, 1.82) is 0 Å². The molecule has 1 N–H and O–H groups in total. The number of benzene rings is 2. The van der Waals surface area contributed by atoms with Crippen LogP contribution in [0.1, 0.15) is 6.42 Å². The number of ether oxygens (including phenoxy) is 1. The minimum atomic E-state index is -1.06. The zero-order chi connectivity index (χ0) is 19.8. The van der Waals surface area contributed by atoms with Crippen LogP contribution in [0.5, 0.6) is 5.75 Å². The topological polar surface area (TPSA) is 87.2 Å². The number of nitrogens with zero attached hydrogens (tertiary/aromatic N) is 2. The number of thioether (sulfide) groups is 1. The summed E-state index contributed by atoms with van der Waals surface area (Å²) in [6.45, 7) is -0.137. The van der Waals surface area contributed by atoms with Crippen LogP contribution in [0.3, 0.4) is 0 Å². The van der Waals surface area contributed by atoms with Gasteiger partial charge >= 0.3 is 5.97 Å². The molecule has 2 amide bonds. The van der Waals surface area contributed by atoms with Crippen LogP contribution in [0.15, 0.2) is 59.3 Å². The Balaban J connectivity index is 1.56. The third-order valence-corrected chi connectivity index (χ3v) is 5.46. The largest absolute Gasteiger partial charge is 0.481 e. The highest BCUT2D eigenvalue weighted by Crippen LogP contribution is 2.41. The Hall–Kier alpha value is -3.26. The molecule has 142 valence electrons. The molecule has 0 spiro atoms. The first-order chi connectivity index (χ1) is 13.4. The van der Waals surface area contributed by atoms with Crippen molar-refractivity contribution in [2.45, 2.75) is 6.42 Å². The number of allylic oxidation sites excluding steroid dienone is 2. The lowest BCUT2D eigenvalue weighted by Crippen LogP contribution is -2.30. The van der Waals surface area contributed by atoms with E-state index in [0.29, 0.717) is 5.88 Å². The summed E-state index contributed by atoms with van der Waals surface area (Å²) in [6, 6.07) is 12.0. The van der Waals surface area contributed by atoms with Gasteiger partial charge in [0, 0.05) is 19.7 Å². The number of imide groups is 1. The molecule has 0 aromatic heterocycles. The van der Waals surface area contributed by atoms with Gasteiger partial charge in [-0.05, 0) is 40.7 Å². The highest BCUT2D eigenvalue weighted by atomic mass is 32.2. The predicted octanol–water partition coefficient (Wildman–Crippen LogP) is 3.56. The maximum atomic E-state index is 12.3. The van der Waals surface area contributed by atoms with E-state index in [1.54, 1.807) is 6.08 Å². The third-order valence-electron chi connectivity index (χ3n) is 4.53. The Kier molecular flexibility index (Phi) is 4.56. The van der Waals surface area contributed by atoms with Crippen molar-refractivity contribution >= 4 is 45.3 Å². The zero-order valence-electron chi connectivity index (χ0n) is 14.9. The highest BCUT2D eigenvalue weighted by Gasteiger charge is 2.35. The summed E-state index contributed by atoms with van der Waals surface area (Å²) in [7, 11) is 1.86. The summed E-state index contributed by atoms with van der Waals surface area (Å²) in [5.41, 5.74) is 0.910. The van der Waals surface area contributed by atoms with E-state index >= 15 is 0 Å². The molecule has 2 heterocycles. The number of hydrogen-bond acceptors (Lipinski definition) is 6. The highest BCUT2D eigenvalue weighted by molar-refractivity contribution is 8.18. The number of fused-ring (bicyclic) bond motifs is 2. The molecule has 2 aromatic carbocycles. The Labute approximate surface area is 164 Å². The van der Waals surface area contributed by atoms with E-state index in [9.17, 15) is 14.4 Å². The number of aliphatic carboxylic acids is 1. The molecule has 0 bridgehead atoms. The second-order valence-corrected chi connectivity index (χ2v) is 7.33. The van der Waals surface area contributed by atoms with Crippen molar-refractivity contribution in [3.05, 3.63) is 59.3 Å². The fourth-order valence-corrected chi connectivity index (χ4v) is 3.86. The van der Waals surface area contributed by atoms with Gasteiger partial charge in [-0.2, -0.15) is 0 Å². The van der Waals surface area contributed by atoms with E-state index < -0.39 is 17.1 Å². The average Bonchev–Trinajstić information content (AvgIpc) is 3.12. The average molecular weight is 396 g/mol. The fraction of sp³-hybridized carbons (Fsp3) is 0.150. The molecule has 1 fully saturated rings. The Morgan fingerprint density at radius 1 is 1.18 bits per heavy atom. The Bertz CT molecular complexity index is 1080. The number of carboxylic acid groups (broad SMARTS) is 1. The lowest BCUT2D eigenvalue weighted by molar-refractivity contribution is -0.137. The molecule has 2 aliphatic heterocycles. The first kappa shape index (κ1) is 18.1. The maximum absolute atomic E-state index is 12.3. The molecular formula is C20H16N2O5S. The van der Waals surface area contributed by atoms with Gasteiger partial charge in [-0.1, -0.05) is 24.3 Å². The van der Waals surface area contributed by atoms with E-state index in [4.69, 9.17) is 9.84 Å². The van der Waals surface area contributed by atoms with E-state index in [1.807, 2.05) is 48.3 Å². The third kappa shape index (κ3) is 3.22. The van der Waals surface area contributed by atoms with Gasteiger partial charge in [-0.25, -0.2) is 0 Å². The van der Waals surface area contributed by atoms with Crippen molar-refractivity contribution in [3.8, 4) is 5.75 Å². The second-order valence-electron chi connectivity index (χ2n) is 6.33. The smallest absolute Gasteiger partial charge is 0.305 e. The van der Waals surface area contributed by atoms with E-state index in [1.165, 1.54) is 6.08 Å². The zero-order valence-corrected chi connectivity index (χ0v) is 15.7. The van der Waals surface area contributed by atoms with Gasteiger partial charge in [0.2, 0.25) is 0 Å². The van der Waals surface area contributed by atoms with Crippen LogP contribution < -0.4 is 9.64 Å². The van der Waals surface area contributed by atoms with Gasteiger partial charge in [0.25, 0.3) is 11.1 Å². The molecule has 0 saturated carbocycles. The summed E-state index contributed by atoms with van der Waals surface area (Å²) >= 11 is 0.791. The molecular weight excluding hydrogens is 380 g/mol. The van der Waals surface area contributed by atoms with Gasteiger partial charge in [-0.3, -0.25) is 19.3 Å². The fourth-order valence-electron chi connectivity index (χ4n) is 3.06. The lowest BCUT2D eigenvalue weighted by atomic mass is 10.1. The molecule has 8 heteroatoms. The molecule has 4 rings (SSSR count). The van der Waals surface area contributed by atoms with Gasteiger partial charge < -0.3 is 14.7 Å². The van der Waals surface area contributed by atoms with Crippen molar-refractivity contribution in [2.24, 2.45) is 0 Å². The molecule has 7 nitrogen and oxygen atoms in total. The number of carbonyl (C=O) groups is 3.